The summed E-state index contributed by atoms with van der Waals surface area (Å²) < 4.78 is 5.42. The monoisotopic (exact) mass is 305 g/mol. The fraction of sp³-hybridized carbons (Fsp3) is 0.312. The number of hydrogen-bond acceptors (Lipinski definition) is 4. The van der Waals surface area contributed by atoms with Gasteiger partial charge in [-0.05, 0) is 43.7 Å². The topological polar surface area (TPSA) is 58.6 Å². The second-order valence-corrected chi connectivity index (χ2v) is 5.66. The Labute approximate surface area is 128 Å². The third-order valence-corrected chi connectivity index (χ3v) is 4.25. The maximum Gasteiger partial charge on any atom is 0.265 e. The molecule has 0 saturated carbocycles. The van der Waals surface area contributed by atoms with E-state index < -0.39 is 0 Å². The van der Waals surface area contributed by atoms with Crippen LogP contribution in [0.25, 0.3) is 0 Å². The molecule has 0 fully saturated rings. The van der Waals surface area contributed by atoms with Crippen LogP contribution in [0.4, 0.5) is 5.69 Å². The van der Waals surface area contributed by atoms with E-state index >= 15 is 0 Å². The molecule has 2 aromatic rings. The summed E-state index contributed by atoms with van der Waals surface area (Å²) in [6.45, 7) is 4.36. The van der Waals surface area contributed by atoms with Crippen molar-refractivity contribution in [2.24, 2.45) is 0 Å². The zero-order valence-electron chi connectivity index (χ0n) is 12.2. The Bertz CT molecular complexity index is 622. The van der Waals surface area contributed by atoms with Gasteiger partial charge in [0.25, 0.3) is 5.91 Å². The van der Waals surface area contributed by atoms with Gasteiger partial charge in [-0.15, -0.1) is 11.3 Å². The first-order chi connectivity index (χ1) is 10.2. The van der Waals surface area contributed by atoms with Gasteiger partial charge in [-0.1, -0.05) is 6.92 Å². The van der Waals surface area contributed by atoms with Gasteiger partial charge in [0.05, 0.1) is 18.1 Å². The smallest absolute Gasteiger partial charge is 0.265 e. The lowest BCUT2D eigenvalue weighted by Gasteiger charge is -2.11. The minimum Gasteiger partial charge on any atom is -0.494 e. The molecule has 112 valence electrons. The highest BCUT2D eigenvalue weighted by molar-refractivity contribution is 7.14. The summed E-state index contributed by atoms with van der Waals surface area (Å²) in [6, 6.07) is 9.07. The lowest BCUT2D eigenvalue weighted by atomic mass is 10.2. The fourth-order valence-corrected chi connectivity index (χ4v) is 2.80. The number of aliphatic hydroxyl groups is 1. The molecule has 0 aliphatic heterocycles. The number of carbonyl (C=O) groups excluding carboxylic acids is 1. The SMILES string of the molecule is CCOc1ccc(NC(=O)c2ccc(CC)s2)cc1CO. The highest BCUT2D eigenvalue weighted by Crippen LogP contribution is 2.24. The van der Waals surface area contributed by atoms with Gasteiger partial charge < -0.3 is 15.2 Å². The number of carbonyl (C=O) groups is 1. The normalized spacial score (nSPS) is 10.4. The van der Waals surface area contributed by atoms with Crippen LogP contribution >= 0.6 is 11.3 Å². The van der Waals surface area contributed by atoms with Crippen molar-refractivity contribution in [1.82, 2.24) is 0 Å². The molecule has 21 heavy (non-hydrogen) atoms. The minimum absolute atomic E-state index is 0.127. The summed E-state index contributed by atoms with van der Waals surface area (Å²) in [5.74, 6) is 0.509. The molecule has 2 N–H and O–H groups in total. The van der Waals surface area contributed by atoms with Crippen molar-refractivity contribution in [3.8, 4) is 5.75 Å². The molecular formula is C16H19NO3S. The minimum atomic E-state index is -0.132. The van der Waals surface area contributed by atoms with Gasteiger partial charge in [-0.2, -0.15) is 0 Å². The Balaban J connectivity index is 2.13. The average molecular weight is 305 g/mol. The van der Waals surface area contributed by atoms with Crippen LogP contribution in [-0.2, 0) is 13.0 Å². The average Bonchev–Trinajstić information content (AvgIpc) is 2.98. The van der Waals surface area contributed by atoms with E-state index in [4.69, 9.17) is 4.74 Å². The number of nitrogens with one attached hydrogen (secondary N) is 1. The molecule has 1 aromatic carbocycles. The zero-order valence-corrected chi connectivity index (χ0v) is 13.0. The molecule has 0 radical (unpaired) electrons. The van der Waals surface area contributed by atoms with Crippen molar-refractivity contribution >= 4 is 22.9 Å². The Hall–Kier alpha value is -1.85. The lowest BCUT2D eigenvalue weighted by molar-refractivity contribution is 0.103. The van der Waals surface area contributed by atoms with Crippen molar-refractivity contribution in [1.29, 1.82) is 0 Å². The predicted molar refractivity (Wildman–Crippen MR) is 85.2 cm³/mol. The molecule has 1 heterocycles. The summed E-state index contributed by atoms with van der Waals surface area (Å²) in [6.07, 6.45) is 0.926. The summed E-state index contributed by atoms with van der Waals surface area (Å²) in [4.78, 5) is 14.0. The van der Waals surface area contributed by atoms with Gasteiger partial charge >= 0.3 is 0 Å². The molecule has 5 heteroatoms. The molecule has 1 amide bonds. The number of anilines is 1. The third kappa shape index (κ3) is 3.83. The molecule has 0 aliphatic rings. The second-order valence-electron chi connectivity index (χ2n) is 4.49. The van der Waals surface area contributed by atoms with Gasteiger partial charge in [0.15, 0.2) is 0 Å². The van der Waals surface area contributed by atoms with E-state index in [0.717, 1.165) is 6.42 Å². The van der Waals surface area contributed by atoms with Crippen LogP contribution in [0, 0.1) is 0 Å². The van der Waals surface area contributed by atoms with E-state index in [2.05, 4.69) is 12.2 Å². The third-order valence-electron chi connectivity index (χ3n) is 3.02. The number of thiophene rings is 1. The standard InChI is InChI=1S/C16H19NO3S/c1-3-13-6-8-15(21-13)16(19)17-12-5-7-14(20-4-2)11(9-12)10-18/h5-9,18H,3-4,10H2,1-2H3,(H,17,19). The number of ether oxygens (including phenoxy) is 1. The van der Waals surface area contributed by atoms with Crippen molar-refractivity contribution in [2.45, 2.75) is 26.9 Å². The van der Waals surface area contributed by atoms with Gasteiger partial charge in [0.2, 0.25) is 0 Å². The molecule has 0 bridgehead atoms. The highest BCUT2D eigenvalue weighted by Gasteiger charge is 2.11. The molecular weight excluding hydrogens is 286 g/mol. The second kappa shape index (κ2) is 7.24. The van der Waals surface area contributed by atoms with Gasteiger partial charge in [-0.3, -0.25) is 4.79 Å². The quantitative estimate of drug-likeness (QED) is 0.859. The largest absolute Gasteiger partial charge is 0.494 e. The molecule has 1 aromatic heterocycles. The van der Waals surface area contributed by atoms with E-state index in [1.165, 1.54) is 16.2 Å². The number of aliphatic hydroxyl groups excluding tert-OH is 1. The Morgan fingerprint density at radius 1 is 1.29 bits per heavy atom. The van der Waals surface area contributed by atoms with Crippen LogP contribution in [0.3, 0.4) is 0 Å². The Morgan fingerprint density at radius 2 is 2.10 bits per heavy atom. The summed E-state index contributed by atoms with van der Waals surface area (Å²) in [7, 11) is 0. The van der Waals surface area contributed by atoms with Crippen LogP contribution < -0.4 is 10.1 Å². The van der Waals surface area contributed by atoms with Crippen LogP contribution in [-0.4, -0.2) is 17.6 Å². The van der Waals surface area contributed by atoms with E-state index in [-0.39, 0.29) is 12.5 Å². The van der Waals surface area contributed by atoms with Gasteiger partial charge in [0, 0.05) is 16.1 Å². The summed E-state index contributed by atoms with van der Waals surface area (Å²) in [5, 5.41) is 12.2. The van der Waals surface area contributed by atoms with Crippen LogP contribution in [0.15, 0.2) is 30.3 Å². The maximum atomic E-state index is 12.2. The molecule has 4 nitrogen and oxygen atoms in total. The predicted octanol–water partition coefficient (Wildman–Crippen LogP) is 3.45. The van der Waals surface area contributed by atoms with Gasteiger partial charge in [0.1, 0.15) is 5.75 Å². The number of amides is 1. The fourth-order valence-electron chi connectivity index (χ4n) is 1.96. The molecule has 2 rings (SSSR count). The Kier molecular flexibility index (Phi) is 5.36. The van der Waals surface area contributed by atoms with Crippen LogP contribution in [0.5, 0.6) is 5.75 Å². The molecule has 0 saturated heterocycles. The highest BCUT2D eigenvalue weighted by atomic mass is 32.1. The van der Waals surface area contributed by atoms with E-state index in [1.54, 1.807) is 18.2 Å². The van der Waals surface area contributed by atoms with E-state index in [9.17, 15) is 9.90 Å². The van der Waals surface area contributed by atoms with Crippen molar-refractivity contribution in [3.05, 3.63) is 45.6 Å². The summed E-state index contributed by atoms with van der Waals surface area (Å²) >= 11 is 1.50. The maximum absolute atomic E-state index is 12.2. The number of hydrogen-bond donors (Lipinski definition) is 2. The van der Waals surface area contributed by atoms with E-state index in [1.807, 2.05) is 19.1 Å². The first-order valence-electron chi connectivity index (χ1n) is 6.94. The van der Waals surface area contributed by atoms with Crippen LogP contribution in [0.2, 0.25) is 0 Å². The number of benzene rings is 1. The van der Waals surface area contributed by atoms with Crippen LogP contribution in [0.1, 0.15) is 34.0 Å². The van der Waals surface area contributed by atoms with Crippen molar-refractivity contribution < 1.29 is 14.6 Å². The number of aryl methyl sites for hydroxylation is 1. The van der Waals surface area contributed by atoms with Gasteiger partial charge in [-0.25, -0.2) is 0 Å². The van der Waals surface area contributed by atoms with Crippen molar-refractivity contribution in [3.63, 3.8) is 0 Å². The Morgan fingerprint density at radius 3 is 2.71 bits per heavy atom. The molecule has 0 spiro atoms. The molecule has 0 atom stereocenters. The molecule has 0 aliphatic carbocycles. The molecule has 0 unspecified atom stereocenters. The lowest BCUT2D eigenvalue weighted by Crippen LogP contribution is -2.10. The number of rotatable bonds is 6. The summed E-state index contributed by atoms with van der Waals surface area (Å²) in [5.41, 5.74) is 1.31. The van der Waals surface area contributed by atoms with Crippen molar-refractivity contribution in [2.75, 3.05) is 11.9 Å². The van der Waals surface area contributed by atoms with E-state index in [0.29, 0.717) is 28.5 Å². The zero-order chi connectivity index (χ0) is 15.2. The first-order valence-corrected chi connectivity index (χ1v) is 7.76. The first kappa shape index (κ1) is 15.5.